The molecule has 0 atom stereocenters. The Kier molecular flexibility index (Phi) is 4.35. The number of halogens is 1. The average Bonchev–Trinajstić information content (AvgIpc) is 2.81. The lowest BCUT2D eigenvalue weighted by Crippen LogP contribution is -2.08. The number of anilines is 2. The first-order valence-corrected chi connectivity index (χ1v) is 6.98. The number of nitrogens with two attached hydrogens (primary N) is 1. The molecule has 19 heavy (non-hydrogen) atoms. The van der Waals surface area contributed by atoms with Gasteiger partial charge in [0.25, 0.3) is 5.69 Å². The molecule has 0 aliphatic carbocycles. The van der Waals surface area contributed by atoms with Gasteiger partial charge < -0.3 is 10.7 Å². The summed E-state index contributed by atoms with van der Waals surface area (Å²) in [5.41, 5.74) is 3.54. The lowest BCUT2D eigenvalue weighted by molar-refractivity contribution is -0.384. The van der Waals surface area contributed by atoms with Gasteiger partial charge in [0.15, 0.2) is 0 Å². The molecule has 1 aromatic heterocycles. The molecular weight excluding hydrogens is 332 g/mol. The van der Waals surface area contributed by atoms with Crippen molar-refractivity contribution in [1.29, 1.82) is 0 Å². The molecule has 6 nitrogen and oxygen atoms in total. The minimum atomic E-state index is -0.451. The van der Waals surface area contributed by atoms with E-state index in [0.29, 0.717) is 17.9 Å². The Labute approximate surface area is 121 Å². The Morgan fingerprint density at radius 2 is 2.05 bits per heavy atom. The Morgan fingerprint density at radius 1 is 1.32 bits per heavy atom. The third kappa shape index (κ3) is 3.66. The first kappa shape index (κ1) is 13.8. The van der Waals surface area contributed by atoms with Gasteiger partial charge in [-0.3, -0.25) is 16.0 Å². The molecule has 1 aromatic carbocycles. The third-order valence-electron chi connectivity index (χ3n) is 2.38. The summed E-state index contributed by atoms with van der Waals surface area (Å²) >= 11 is 4.98. The standard InChI is InChI=1S/C11H11BrN4O2S/c12-7-1-11(19-6-7)5-14-8-2-9(15-13)4-10(3-8)16(17)18/h1-4,6,14-15H,5,13H2. The monoisotopic (exact) mass is 342 g/mol. The summed E-state index contributed by atoms with van der Waals surface area (Å²) in [6, 6.07) is 6.57. The molecule has 2 rings (SSSR count). The van der Waals surface area contributed by atoms with E-state index in [9.17, 15) is 10.1 Å². The zero-order chi connectivity index (χ0) is 13.8. The van der Waals surface area contributed by atoms with Gasteiger partial charge in [0.05, 0.1) is 10.6 Å². The molecule has 8 heteroatoms. The second kappa shape index (κ2) is 6.00. The van der Waals surface area contributed by atoms with E-state index in [1.54, 1.807) is 17.4 Å². The average molecular weight is 343 g/mol. The fourth-order valence-corrected chi connectivity index (χ4v) is 2.93. The summed E-state index contributed by atoms with van der Waals surface area (Å²) < 4.78 is 1.03. The van der Waals surface area contributed by atoms with Crippen molar-refractivity contribution in [3.8, 4) is 0 Å². The van der Waals surface area contributed by atoms with Crippen molar-refractivity contribution in [2.75, 3.05) is 10.7 Å². The Hall–Kier alpha value is -1.64. The van der Waals surface area contributed by atoms with E-state index in [2.05, 4.69) is 26.7 Å². The van der Waals surface area contributed by atoms with Crippen molar-refractivity contribution in [3.05, 3.63) is 49.1 Å². The van der Waals surface area contributed by atoms with Crippen LogP contribution in [0.5, 0.6) is 0 Å². The molecule has 2 aromatic rings. The van der Waals surface area contributed by atoms with E-state index in [0.717, 1.165) is 9.35 Å². The molecule has 0 amide bonds. The lowest BCUT2D eigenvalue weighted by atomic mass is 10.2. The summed E-state index contributed by atoms with van der Waals surface area (Å²) in [7, 11) is 0. The highest BCUT2D eigenvalue weighted by atomic mass is 79.9. The van der Waals surface area contributed by atoms with Gasteiger partial charge in [0, 0.05) is 39.1 Å². The first-order valence-electron chi connectivity index (χ1n) is 5.31. The summed E-state index contributed by atoms with van der Waals surface area (Å²) in [5, 5.41) is 15.9. The molecule has 100 valence electrons. The molecule has 0 aliphatic rings. The number of nitrogen functional groups attached to an aromatic ring is 1. The molecule has 0 radical (unpaired) electrons. The normalized spacial score (nSPS) is 10.2. The maximum Gasteiger partial charge on any atom is 0.273 e. The van der Waals surface area contributed by atoms with E-state index in [1.807, 2.05) is 11.4 Å². The molecule has 4 N–H and O–H groups in total. The fraction of sp³-hybridized carbons (Fsp3) is 0.0909. The first-order chi connectivity index (χ1) is 9.08. The van der Waals surface area contributed by atoms with Crippen LogP contribution in [-0.4, -0.2) is 4.92 Å². The summed E-state index contributed by atoms with van der Waals surface area (Å²) in [5.74, 6) is 5.29. The molecule has 1 heterocycles. The van der Waals surface area contributed by atoms with Gasteiger partial charge in [-0.1, -0.05) is 0 Å². The molecule has 0 fully saturated rings. The Balaban J connectivity index is 2.15. The zero-order valence-corrected chi connectivity index (χ0v) is 12.1. The fourth-order valence-electron chi connectivity index (χ4n) is 1.54. The van der Waals surface area contributed by atoms with Crippen LogP contribution in [0.2, 0.25) is 0 Å². The van der Waals surface area contributed by atoms with Crippen LogP contribution < -0.4 is 16.6 Å². The van der Waals surface area contributed by atoms with Gasteiger partial charge in [0.2, 0.25) is 0 Å². The van der Waals surface area contributed by atoms with Crippen LogP contribution in [0, 0.1) is 10.1 Å². The van der Waals surface area contributed by atoms with Crippen LogP contribution in [0.15, 0.2) is 34.1 Å². The number of rotatable bonds is 5. The molecular formula is C11H11BrN4O2S. The Morgan fingerprint density at radius 3 is 2.63 bits per heavy atom. The number of hydrogen-bond donors (Lipinski definition) is 3. The van der Waals surface area contributed by atoms with E-state index in [1.165, 1.54) is 12.1 Å². The molecule has 0 spiro atoms. The second-order valence-electron chi connectivity index (χ2n) is 3.75. The van der Waals surface area contributed by atoms with Crippen molar-refractivity contribution in [2.45, 2.75) is 6.54 Å². The zero-order valence-electron chi connectivity index (χ0n) is 9.72. The SMILES string of the molecule is NNc1cc(NCc2cc(Br)cs2)cc([N+](=O)[O-])c1. The number of nitrogens with one attached hydrogen (secondary N) is 2. The quantitative estimate of drug-likeness (QED) is 0.440. The number of nitro groups is 1. The predicted molar refractivity (Wildman–Crippen MR) is 80.3 cm³/mol. The van der Waals surface area contributed by atoms with Gasteiger partial charge in [0.1, 0.15) is 0 Å². The van der Waals surface area contributed by atoms with Gasteiger partial charge >= 0.3 is 0 Å². The molecule has 0 aliphatic heterocycles. The summed E-state index contributed by atoms with van der Waals surface area (Å²) in [6.07, 6.45) is 0. The lowest BCUT2D eigenvalue weighted by Gasteiger charge is -2.07. The molecule has 0 saturated heterocycles. The van der Waals surface area contributed by atoms with Crippen molar-refractivity contribution in [1.82, 2.24) is 0 Å². The van der Waals surface area contributed by atoms with Crippen LogP contribution >= 0.6 is 27.3 Å². The number of thiophene rings is 1. The number of nitro benzene ring substituents is 1. The van der Waals surface area contributed by atoms with Crippen LogP contribution in [0.25, 0.3) is 0 Å². The van der Waals surface area contributed by atoms with Crippen molar-refractivity contribution >= 4 is 44.3 Å². The van der Waals surface area contributed by atoms with E-state index in [-0.39, 0.29) is 5.69 Å². The van der Waals surface area contributed by atoms with Gasteiger partial charge in [-0.05, 0) is 28.1 Å². The Bertz CT molecular complexity index is 602. The maximum atomic E-state index is 10.8. The highest BCUT2D eigenvalue weighted by molar-refractivity contribution is 9.10. The van der Waals surface area contributed by atoms with Crippen molar-refractivity contribution in [3.63, 3.8) is 0 Å². The van der Waals surface area contributed by atoms with E-state index in [4.69, 9.17) is 5.84 Å². The van der Waals surface area contributed by atoms with E-state index < -0.39 is 4.92 Å². The minimum absolute atomic E-state index is 0.00897. The third-order valence-corrected chi connectivity index (χ3v) is 4.08. The highest BCUT2D eigenvalue weighted by Gasteiger charge is 2.09. The van der Waals surface area contributed by atoms with Crippen LogP contribution in [0.4, 0.5) is 17.1 Å². The smallest absolute Gasteiger partial charge is 0.273 e. The second-order valence-corrected chi connectivity index (χ2v) is 5.67. The number of nitrogens with zero attached hydrogens (tertiary/aromatic N) is 1. The summed E-state index contributed by atoms with van der Waals surface area (Å²) in [4.78, 5) is 11.5. The largest absolute Gasteiger partial charge is 0.380 e. The van der Waals surface area contributed by atoms with Crippen LogP contribution in [0.1, 0.15) is 4.88 Å². The summed E-state index contributed by atoms with van der Waals surface area (Å²) in [6.45, 7) is 0.599. The van der Waals surface area contributed by atoms with E-state index >= 15 is 0 Å². The van der Waals surface area contributed by atoms with Crippen molar-refractivity contribution in [2.24, 2.45) is 5.84 Å². The topological polar surface area (TPSA) is 93.2 Å². The van der Waals surface area contributed by atoms with Crippen molar-refractivity contribution < 1.29 is 4.92 Å². The number of benzene rings is 1. The minimum Gasteiger partial charge on any atom is -0.380 e. The van der Waals surface area contributed by atoms with Crippen LogP contribution in [0.3, 0.4) is 0 Å². The maximum absolute atomic E-state index is 10.8. The highest BCUT2D eigenvalue weighted by Crippen LogP contribution is 2.25. The number of non-ortho nitro benzene ring substituents is 1. The predicted octanol–water partition coefficient (Wildman–Crippen LogP) is 3.32. The number of hydrazine groups is 1. The van der Waals surface area contributed by atoms with Crippen LogP contribution in [-0.2, 0) is 6.54 Å². The molecule has 0 unspecified atom stereocenters. The molecule has 0 bridgehead atoms. The van der Waals surface area contributed by atoms with Gasteiger partial charge in [-0.15, -0.1) is 11.3 Å². The number of hydrogen-bond acceptors (Lipinski definition) is 6. The van der Waals surface area contributed by atoms with Gasteiger partial charge in [-0.2, -0.15) is 0 Å². The molecule has 0 saturated carbocycles. The van der Waals surface area contributed by atoms with Gasteiger partial charge in [-0.25, -0.2) is 0 Å².